The normalized spacial score (nSPS) is 6.08. The highest BCUT2D eigenvalue weighted by Crippen LogP contribution is 1.97. The second kappa shape index (κ2) is 22.4. The molecule has 0 fully saturated rings. The summed E-state index contributed by atoms with van der Waals surface area (Å²) in [7, 11) is 0. The van der Waals surface area contributed by atoms with Gasteiger partial charge in [0.2, 0.25) is 0 Å². The summed E-state index contributed by atoms with van der Waals surface area (Å²) in [5, 5.41) is 8.14. The average Bonchev–Trinajstić information content (AvgIpc) is 1.66. The summed E-state index contributed by atoms with van der Waals surface area (Å²) in [6.07, 6.45) is 3.28. The molecule has 0 bridgehead atoms. The first-order valence-electron chi connectivity index (χ1n) is 2.99. The Balaban J connectivity index is -0.0000000408. The van der Waals surface area contributed by atoms with E-state index in [9.17, 15) is 4.79 Å². The summed E-state index contributed by atoms with van der Waals surface area (Å²) < 4.78 is 0. The fourth-order valence-corrected chi connectivity index (χ4v) is 0.526. The maximum Gasteiger partial charge on any atom is 0.303 e. The monoisotopic (exact) mass is 187 g/mol. The molecule has 12 heavy (non-hydrogen) atoms. The van der Waals surface area contributed by atoms with Crippen LogP contribution in [0, 0.1) is 0 Å². The summed E-state index contributed by atoms with van der Waals surface area (Å²) in [4.78, 5) is 9.87. The fraction of sp³-hybridized carbons (Fsp3) is 0.833. The van der Waals surface area contributed by atoms with Crippen LogP contribution in [-0.4, -0.2) is 19.5 Å². The lowest BCUT2D eigenvalue weighted by atomic mass is 10.2. The minimum absolute atomic E-state index is 0. The van der Waals surface area contributed by atoms with Crippen LogP contribution in [0.4, 0.5) is 14.1 Å². The first-order chi connectivity index (χ1) is 3.77. The van der Waals surface area contributed by atoms with Crippen molar-refractivity contribution in [3.8, 4) is 0 Å². The number of carbonyl (C=O) groups is 1. The van der Waals surface area contributed by atoms with E-state index < -0.39 is 5.97 Å². The van der Waals surface area contributed by atoms with E-state index in [2.05, 4.69) is 6.92 Å². The first-order valence-corrected chi connectivity index (χ1v) is 2.99. The predicted molar refractivity (Wildman–Crippen MR) is 45.0 cm³/mol. The molecule has 3 radical (unpaired) electrons. The molecule has 75 valence electrons. The Bertz CT molecular complexity index is 83.2. The average molecular weight is 187 g/mol. The molecule has 6 heteroatoms. The van der Waals surface area contributed by atoms with Crippen LogP contribution in [0.25, 0.3) is 0 Å². The molecule has 0 atom stereocenters. The van der Waals surface area contributed by atoms with E-state index in [4.69, 9.17) is 5.11 Å². The van der Waals surface area contributed by atoms with Crippen LogP contribution in [0.2, 0.25) is 0 Å². The second-order valence-corrected chi connectivity index (χ2v) is 1.85. The van der Waals surface area contributed by atoms with Gasteiger partial charge in [0.15, 0.2) is 0 Å². The van der Waals surface area contributed by atoms with Crippen molar-refractivity contribution in [2.75, 3.05) is 0 Å². The third-order valence-corrected chi connectivity index (χ3v) is 0.994. The lowest BCUT2D eigenvalue weighted by molar-refractivity contribution is -0.137. The van der Waals surface area contributed by atoms with Crippen LogP contribution in [0.15, 0.2) is 0 Å². The molecule has 0 saturated carbocycles. The molecule has 0 unspecified atom stereocenters. The zero-order chi connectivity index (χ0) is 6.41. The van der Waals surface area contributed by atoms with Gasteiger partial charge >= 0.3 is 5.97 Å². The molecule has 0 aromatic carbocycles. The molecule has 0 aromatic heterocycles. The summed E-state index contributed by atoms with van der Waals surface area (Å²) in [5.41, 5.74) is 0. The smallest absolute Gasteiger partial charge is 0.303 e. The minimum atomic E-state index is -0.682. The van der Waals surface area contributed by atoms with Crippen molar-refractivity contribution in [3.63, 3.8) is 0 Å². The molecule has 0 amide bonds. The molecule has 0 saturated heterocycles. The van der Waals surface area contributed by atoms with Gasteiger partial charge in [0.1, 0.15) is 0 Å². The second-order valence-electron chi connectivity index (χ2n) is 1.85. The van der Waals surface area contributed by atoms with Crippen molar-refractivity contribution in [2.24, 2.45) is 0 Å². The van der Waals surface area contributed by atoms with E-state index in [1.165, 1.54) is 0 Å². The van der Waals surface area contributed by atoms with Crippen LogP contribution < -0.4 is 0 Å². The Morgan fingerprint density at radius 2 is 1.58 bits per heavy atom. The van der Waals surface area contributed by atoms with Crippen molar-refractivity contribution in [1.82, 2.24) is 0 Å². The van der Waals surface area contributed by atoms with Gasteiger partial charge in [0.25, 0.3) is 0 Å². The Labute approximate surface area is 72.0 Å². The van der Waals surface area contributed by atoms with Crippen LogP contribution >= 0.6 is 0 Å². The quantitative estimate of drug-likeness (QED) is 0.537. The Hall–Kier alpha value is -0.675. The Morgan fingerprint density at radius 1 is 1.17 bits per heavy atom. The number of unbranched alkanes of at least 4 members (excludes halogenated alkanes) is 2. The third-order valence-electron chi connectivity index (χ3n) is 0.994. The maximum absolute atomic E-state index is 9.87. The van der Waals surface area contributed by atoms with E-state index in [1.54, 1.807) is 0 Å². The van der Waals surface area contributed by atoms with Crippen molar-refractivity contribution < 1.29 is 24.0 Å². The number of hydrogen-bond donors (Lipinski definition) is 1. The number of halogens is 3. The molecule has 1 N–H and O–H groups in total. The first kappa shape index (κ1) is 30.2. The Kier molecular flexibility index (Phi) is 56.4. The molecular weight excluding hydrogens is 172 g/mol. The number of carboxylic acid groups (broad SMARTS) is 1. The van der Waals surface area contributed by atoms with Gasteiger partial charge in [-0.2, -0.15) is 0 Å². The molecule has 0 aliphatic heterocycles. The highest BCUT2D eigenvalue weighted by Gasteiger charge is 1.92. The summed E-state index contributed by atoms with van der Waals surface area (Å²) in [5.74, 6) is -0.682. The molecular formula is C6H15BF3O2. The number of rotatable bonds is 4. The molecule has 0 aliphatic carbocycles. The zero-order valence-corrected chi connectivity index (χ0v) is 6.99. The highest BCUT2D eigenvalue weighted by atomic mass is 19.0. The molecule has 0 aliphatic rings. The van der Waals surface area contributed by atoms with Gasteiger partial charge in [0.05, 0.1) is 0 Å². The molecule has 2 nitrogen and oxygen atoms in total. The minimum Gasteiger partial charge on any atom is -0.481 e. The summed E-state index contributed by atoms with van der Waals surface area (Å²) in [6, 6.07) is 0. The van der Waals surface area contributed by atoms with Gasteiger partial charge in [-0.25, -0.2) is 0 Å². The van der Waals surface area contributed by atoms with Crippen molar-refractivity contribution >= 4 is 14.4 Å². The predicted octanol–water partition coefficient (Wildman–Crippen LogP) is 1.73. The summed E-state index contributed by atoms with van der Waals surface area (Å²) >= 11 is 0. The third kappa shape index (κ3) is 34.6. The lowest BCUT2D eigenvalue weighted by Crippen LogP contribution is -1.92. The van der Waals surface area contributed by atoms with Crippen LogP contribution in [0.3, 0.4) is 0 Å². The number of hydrogen-bond acceptors (Lipinski definition) is 1. The summed E-state index contributed by atoms with van der Waals surface area (Å²) in [6.45, 7) is 2.06. The zero-order valence-electron chi connectivity index (χ0n) is 6.99. The van der Waals surface area contributed by atoms with Gasteiger partial charge in [-0.1, -0.05) is 19.8 Å². The Morgan fingerprint density at radius 3 is 1.83 bits per heavy atom. The van der Waals surface area contributed by atoms with Crippen LogP contribution in [-0.2, 0) is 4.79 Å². The SMILES string of the molecule is CCCCCC(=O)O.F.F.F.[B]. The van der Waals surface area contributed by atoms with E-state index in [0.717, 1.165) is 19.3 Å². The molecule has 0 rings (SSSR count). The largest absolute Gasteiger partial charge is 0.481 e. The van der Waals surface area contributed by atoms with E-state index in [0.29, 0.717) is 6.42 Å². The van der Waals surface area contributed by atoms with Crippen molar-refractivity contribution in [1.29, 1.82) is 0 Å². The molecule has 0 heterocycles. The molecule has 0 spiro atoms. The van der Waals surface area contributed by atoms with Crippen molar-refractivity contribution in [2.45, 2.75) is 32.6 Å². The van der Waals surface area contributed by atoms with Gasteiger partial charge in [-0.05, 0) is 6.42 Å². The van der Waals surface area contributed by atoms with E-state index in [-0.39, 0.29) is 22.5 Å². The highest BCUT2D eigenvalue weighted by molar-refractivity contribution is 5.75. The fourth-order valence-electron chi connectivity index (χ4n) is 0.526. The number of carboxylic acids is 1. The van der Waals surface area contributed by atoms with Gasteiger partial charge in [-0.15, -0.1) is 0 Å². The molecule has 0 aromatic rings. The van der Waals surface area contributed by atoms with Crippen LogP contribution in [0.1, 0.15) is 32.6 Å². The van der Waals surface area contributed by atoms with Gasteiger partial charge in [-0.3, -0.25) is 18.9 Å². The van der Waals surface area contributed by atoms with E-state index >= 15 is 0 Å². The van der Waals surface area contributed by atoms with E-state index in [1.807, 2.05) is 0 Å². The topological polar surface area (TPSA) is 37.3 Å². The standard InChI is InChI=1S/C6H12O2.B.3FH/c1-2-3-4-5-6(7)8;;;;/h2-5H2,1H3,(H,7,8);;3*1H. The van der Waals surface area contributed by atoms with Gasteiger partial charge in [0, 0.05) is 14.8 Å². The maximum atomic E-state index is 9.87. The van der Waals surface area contributed by atoms with Gasteiger partial charge < -0.3 is 5.11 Å². The van der Waals surface area contributed by atoms with Crippen molar-refractivity contribution in [3.05, 3.63) is 0 Å². The lowest BCUT2D eigenvalue weighted by Gasteiger charge is -1.89. The number of aliphatic carboxylic acids is 1. The van der Waals surface area contributed by atoms with Crippen LogP contribution in [0.5, 0.6) is 0 Å².